The van der Waals surface area contributed by atoms with Crippen LogP contribution in [0.3, 0.4) is 0 Å². The van der Waals surface area contributed by atoms with Crippen molar-refractivity contribution in [1.82, 2.24) is 9.71 Å². The molecular weight excluding hydrogens is 286 g/mol. The van der Waals surface area contributed by atoms with Gasteiger partial charge in [-0.1, -0.05) is 44.2 Å². The Kier molecular flexibility index (Phi) is 4.59. The minimum atomic E-state index is -3.72. The summed E-state index contributed by atoms with van der Waals surface area (Å²) in [5.41, 5.74) is 6.58. The molecular formula is C15H19N3O2S. The van der Waals surface area contributed by atoms with E-state index < -0.39 is 10.0 Å². The summed E-state index contributed by atoms with van der Waals surface area (Å²) in [6.07, 6.45) is 1.46. The van der Waals surface area contributed by atoms with E-state index in [2.05, 4.69) is 9.71 Å². The molecule has 1 heterocycles. The van der Waals surface area contributed by atoms with Crippen LogP contribution in [0.15, 0.2) is 53.6 Å². The SMILES string of the molecule is CC(C)C(NS(=O)(=O)c1cccnc1N)c1ccccc1. The van der Waals surface area contributed by atoms with Crippen molar-refractivity contribution in [3.05, 3.63) is 54.2 Å². The van der Waals surface area contributed by atoms with E-state index in [4.69, 9.17) is 5.73 Å². The van der Waals surface area contributed by atoms with E-state index in [1.54, 1.807) is 6.07 Å². The zero-order chi connectivity index (χ0) is 15.5. The lowest BCUT2D eigenvalue weighted by Gasteiger charge is -2.23. The van der Waals surface area contributed by atoms with Crippen LogP contribution in [0.1, 0.15) is 25.5 Å². The van der Waals surface area contributed by atoms with Gasteiger partial charge in [0.25, 0.3) is 0 Å². The lowest BCUT2D eigenvalue weighted by molar-refractivity contribution is 0.463. The number of rotatable bonds is 5. The van der Waals surface area contributed by atoms with Crippen molar-refractivity contribution >= 4 is 15.8 Å². The molecule has 0 aliphatic rings. The maximum Gasteiger partial charge on any atom is 0.244 e. The maximum absolute atomic E-state index is 12.5. The summed E-state index contributed by atoms with van der Waals surface area (Å²) in [5, 5.41) is 0. The van der Waals surface area contributed by atoms with Crippen LogP contribution >= 0.6 is 0 Å². The quantitative estimate of drug-likeness (QED) is 0.888. The van der Waals surface area contributed by atoms with Gasteiger partial charge in [0, 0.05) is 12.2 Å². The van der Waals surface area contributed by atoms with E-state index in [1.165, 1.54) is 12.3 Å². The maximum atomic E-state index is 12.5. The molecule has 1 atom stereocenters. The second-order valence-electron chi connectivity index (χ2n) is 5.14. The average Bonchev–Trinajstić information content (AvgIpc) is 2.46. The summed E-state index contributed by atoms with van der Waals surface area (Å²) >= 11 is 0. The molecule has 0 saturated carbocycles. The molecule has 2 aromatic rings. The van der Waals surface area contributed by atoms with Gasteiger partial charge in [-0.3, -0.25) is 0 Å². The Labute approximate surface area is 125 Å². The van der Waals surface area contributed by atoms with Crippen molar-refractivity contribution in [3.63, 3.8) is 0 Å². The minimum Gasteiger partial charge on any atom is -0.383 e. The number of anilines is 1. The highest BCUT2D eigenvalue weighted by atomic mass is 32.2. The van der Waals surface area contributed by atoms with Crippen molar-refractivity contribution in [1.29, 1.82) is 0 Å². The van der Waals surface area contributed by atoms with E-state index in [1.807, 2.05) is 44.2 Å². The Morgan fingerprint density at radius 2 is 1.76 bits per heavy atom. The van der Waals surface area contributed by atoms with Crippen LogP contribution in [-0.4, -0.2) is 13.4 Å². The van der Waals surface area contributed by atoms with Crippen LogP contribution in [0.4, 0.5) is 5.82 Å². The van der Waals surface area contributed by atoms with Gasteiger partial charge < -0.3 is 5.73 Å². The van der Waals surface area contributed by atoms with Gasteiger partial charge in [0.2, 0.25) is 10.0 Å². The highest BCUT2D eigenvalue weighted by molar-refractivity contribution is 7.89. The highest BCUT2D eigenvalue weighted by Gasteiger charge is 2.25. The molecule has 0 fully saturated rings. The van der Waals surface area contributed by atoms with E-state index in [0.29, 0.717) is 0 Å². The van der Waals surface area contributed by atoms with Crippen LogP contribution < -0.4 is 10.5 Å². The number of nitrogens with one attached hydrogen (secondary N) is 1. The van der Waals surface area contributed by atoms with E-state index in [-0.39, 0.29) is 22.7 Å². The summed E-state index contributed by atoms with van der Waals surface area (Å²) < 4.78 is 27.7. The van der Waals surface area contributed by atoms with Crippen LogP contribution in [-0.2, 0) is 10.0 Å². The van der Waals surface area contributed by atoms with Gasteiger partial charge in [0.1, 0.15) is 10.7 Å². The fourth-order valence-electron chi connectivity index (χ4n) is 2.11. The predicted molar refractivity (Wildman–Crippen MR) is 83.0 cm³/mol. The average molecular weight is 305 g/mol. The van der Waals surface area contributed by atoms with Gasteiger partial charge in [0.05, 0.1) is 0 Å². The van der Waals surface area contributed by atoms with Gasteiger partial charge >= 0.3 is 0 Å². The number of sulfonamides is 1. The highest BCUT2D eigenvalue weighted by Crippen LogP contribution is 2.25. The summed E-state index contributed by atoms with van der Waals surface area (Å²) in [6.45, 7) is 3.93. The zero-order valence-corrected chi connectivity index (χ0v) is 12.8. The first-order valence-corrected chi connectivity index (χ1v) is 8.18. The molecule has 5 nitrogen and oxygen atoms in total. The van der Waals surface area contributed by atoms with Crippen molar-refractivity contribution in [2.45, 2.75) is 24.8 Å². The lowest BCUT2D eigenvalue weighted by Crippen LogP contribution is -2.32. The molecule has 1 unspecified atom stereocenters. The molecule has 0 amide bonds. The number of aromatic nitrogens is 1. The molecule has 112 valence electrons. The molecule has 0 saturated heterocycles. The van der Waals surface area contributed by atoms with E-state index in [0.717, 1.165) is 5.56 Å². The molecule has 0 spiro atoms. The first-order valence-electron chi connectivity index (χ1n) is 6.69. The standard InChI is InChI=1S/C15H19N3O2S/c1-11(2)14(12-7-4-3-5-8-12)18-21(19,20)13-9-6-10-17-15(13)16/h3-11,14,18H,1-2H3,(H2,16,17). The number of nitrogens with zero attached hydrogens (tertiary/aromatic N) is 1. The van der Waals surface area contributed by atoms with Crippen LogP contribution in [0.25, 0.3) is 0 Å². The summed E-state index contributed by atoms with van der Waals surface area (Å²) in [5.74, 6) is 0.0978. The predicted octanol–water partition coefficient (Wildman–Crippen LogP) is 2.34. The second-order valence-corrected chi connectivity index (χ2v) is 6.82. The Balaban J connectivity index is 2.36. The molecule has 1 aromatic carbocycles. The number of pyridine rings is 1. The van der Waals surface area contributed by atoms with Gasteiger partial charge in [-0.25, -0.2) is 18.1 Å². The van der Waals surface area contributed by atoms with Crippen molar-refractivity contribution in [2.24, 2.45) is 5.92 Å². The van der Waals surface area contributed by atoms with Gasteiger partial charge in [-0.2, -0.15) is 0 Å². The van der Waals surface area contributed by atoms with Gasteiger partial charge in [0.15, 0.2) is 0 Å². The van der Waals surface area contributed by atoms with Gasteiger partial charge in [-0.15, -0.1) is 0 Å². The third-order valence-corrected chi connectivity index (χ3v) is 4.69. The molecule has 3 N–H and O–H groups in total. The second kappa shape index (κ2) is 6.24. The largest absolute Gasteiger partial charge is 0.383 e. The Bertz CT molecular complexity index is 700. The Morgan fingerprint density at radius 1 is 1.10 bits per heavy atom. The Hall–Kier alpha value is -1.92. The molecule has 2 rings (SSSR count). The number of hydrogen-bond acceptors (Lipinski definition) is 4. The normalized spacial score (nSPS) is 13.3. The first-order chi connectivity index (χ1) is 9.92. The Morgan fingerprint density at radius 3 is 2.33 bits per heavy atom. The van der Waals surface area contributed by atoms with Crippen LogP contribution in [0.5, 0.6) is 0 Å². The number of hydrogen-bond donors (Lipinski definition) is 2. The molecule has 0 aliphatic heterocycles. The minimum absolute atomic E-state index is 0.000526. The van der Waals surface area contributed by atoms with E-state index in [9.17, 15) is 8.42 Å². The summed E-state index contributed by atoms with van der Waals surface area (Å²) in [6, 6.07) is 12.2. The van der Waals surface area contributed by atoms with Crippen LogP contribution in [0.2, 0.25) is 0 Å². The van der Waals surface area contributed by atoms with Gasteiger partial charge in [-0.05, 0) is 23.6 Å². The molecule has 0 aliphatic carbocycles. The van der Waals surface area contributed by atoms with Crippen molar-refractivity contribution in [3.8, 4) is 0 Å². The third-order valence-electron chi connectivity index (χ3n) is 3.20. The number of nitrogen functional groups attached to an aromatic ring is 1. The molecule has 0 radical (unpaired) electrons. The molecule has 0 bridgehead atoms. The van der Waals surface area contributed by atoms with Crippen molar-refractivity contribution in [2.75, 3.05) is 5.73 Å². The zero-order valence-electron chi connectivity index (χ0n) is 12.0. The number of benzene rings is 1. The molecule has 1 aromatic heterocycles. The fraction of sp³-hybridized carbons (Fsp3) is 0.267. The molecule has 21 heavy (non-hydrogen) atoms. The topological polar surface area (TPSA) is 85.1 Å². The lowest BCUT2D eigenvalue weighted by atomic mass is 9.97. The molecule has 6 heteroatoms. The smallest absolute Gasteiger partial charge is 0.244 e. The first kappa shape index (κ1) is 15.5. The third kappa shape index (κ3) is 3.59. The fourth-order valence-corrected chi connectivity index (χ4v) is 3.57. The summed E-state index contributed by atoms with van der Waals surface area (Å²) in [4.78, 5) is 3.83. The van der Waals surface area contributed by atoms with Crippen molar-refractivity contribution < 1.29 is 8.42 Å². The summed E-state index contributed by atoms with van der Waals surface area (Å²) in [7, 11) is -3.72. The van der Waals surface area contributed by atoms with Crippen LogP contribution in [0, 0.1) is 5.92 Å². The van der Waals surface area contributed by atoms with E-state index >= 15 is 0 Å². The monoisotopic (exact) mass is 305 g/mol. The number of nitrogens with two attached hydrogens (primary N) is 1.